The van der Waals surface area contributed by atoms with Crippen LogP contribution in [-0.4, -0.2) is 15.9 Å². The first-order valence-electron chi connectivity index (χ1n) is 8.93. The van der Waals surface area contributed by atoms with E-state index in [4.69, 9.17) is 0 Å². The van der Waals surface area contributed by atoms with Crippen LogP contribution in [0.4, 0.5) is 5.82 Å². The Balaban J connectivity index is 0.000000880. The minimum Gasteiger partial charge on any atom is -0.357 e. The summed E-state index contributed by atoms with van der Waals surface area (Å²) in [4.78, 5) is 20.7. The highest BCUT2D eigenvalue weighted by atomic mass is 16.2. The van der Waals surface area contributed by atoms with Gasteiger partial charge in [-0.25, -0.2) is 4.98 Å². The summed E-state index contributed by atoms with van der Waals surface area (Å²) >= 11 is 0. The number of aromatic amines is 1. The van der Waals surface area contributed by atoms with Crippen LogP contribution in [0.5, 0.6) is 0 Å². The largest absolute Gasteiger partial charge is 0.357 e. The molecule has 0 saturated heterocycles. The van der Waals surface area contributed by atoms with Gasteiger partial charge in [-0.15, -0.1) is 0 Å². The number of hydrogen-bond acceptors (Lipinski definition) is 2. The molecule has 130 valence electrons. The Bertz CT molecular complexity index is 892. The predicted molar refractivity (Wildman–Crippen MR) is 103 cm³/mol. The lowest BCUT2D eigenvalue weighted by molar-refractivity contribution is -0.118. The summed E-state index contributed by atoms with van der Waals surface area (Å²) in [5, 5.41) is 3.01. The number of H-pyrrole nitrogens is 1. The quantitative estimate of drug-likeness (QED) is 0.717. The normalized spacial score (nSPS) is 14.6. The summed E-state index contributed by atoms with van der Waals surface area (Å²) in [7, 11) is 0. The van der Waals surface area contributed by atoms with Crippen molar-refractivity contribution in [3.05, 3.63) is 59.3 Å². The number of rotatable bonds is 3. The molecule has 1 aromatic carbocycles. The summed E-state index contributed by atoms with van der Waals surface area (Å²) in [6.07, 6.45) is 1.79. The Morgan fingerprint density at radius 1 is 1.08 bits per heavy atom. The molecule has 1 aliphatic rings. The van der Waals surface area contributed by atoms with Gasteiger partial charge >= 0.3 is 0 Å². The molecule has 4 nitrogen and oxygen atoms in total. The van der Waals surface area contributed by atoms with Crippen molar-refractivity contribution in [1.82, 2.24) is 9.97 Å². The Hall–Kier alpha value is -2.62. The Kier molecular flexibility index (Phi) is 4.62. The van der Waals surface area contributed by atoms with Gasteiger partial charge in [0.1, 0.15) is 5.82 Å². The van der Waals surface area contributed by atoms with Gasteiger partial charge in [-0.2, -0.15) is 0 Å². The average molecular weight is 335 g/mol. The number of aryl methyl sites for hydroxylation is 2. The van der Waals surface area contributed by atoms with E-state index in [1.54, 1.807) is 0 Å². The highest BCUT2D eigenvalue weighted by Crippen LogP contribution is 2.48. The lowest BCUT2D eigenvalue weighted by Gasteiger charge is -2.15. The monoisotopic (exact) mass is 335 g/mol. The number of anilines is 1. The molecule has 0 radical (unpaired) electrons. The van der Waals surface area contributed by atoms with Gasteiger partial charge in [0.15, 0.2) is 0 Å². The van der Waals surface area contributed by atoms with Crippen molar-refractivity contribution < 1.29 is 4.79 Å². The van der Waals surface area contributed by atoms with Gasteiger partial charge < -0.3 is 10.3 Å². The summed E-state index contributed by atoms with van der Waals surface area (Å²) in [6, 6.07) is 13.8. The van der Waals surface area contributed by atoms with Crippen LogP contribution in [0.2, 0.25) is 0 Å². The van der Waals surface area contributed by atoms with E-state index in [1.807, 2.05) is 70.2 Å². The number of carbonyl (C=O) groups is 1. The standard InChI is InChI=1S/C19H19N3O.C2H6/c1-12-13(2)20-15-8-9-16(21-17(12)15)22-18(23)19(10-11-19)14-6-4-3-5-7-14;1-2/h3-9,20H,10-11H2,1-2H3,(H,21,22,23);1-2H3. The molecule has 2 N–H and O–H groups in total. The fourth-order valence-corrected chi connectivity index (χ4v) is 3.15. The number of nitrogens with zero attached hydrogens (tertiary/aromatic N) is 1. The van der Waals surface area contributed by atoms with Crippen molar-refractivity contribution in [3.8, 4) is 0 Å². The second-order valence-corrected chi connectivity index (χ2v) is 6.37. The molecule has 0 spiro atoms. The zero-order valence-electron chi connectivity index (χ0n) is 15.3. The number of fused-ring (bicyclic) bond motifs is 1. The molecule has 25 heavy (non-hydrogen) atoms. The molecule has 1 saturated carbocycles. The molecular formula is C21H25N3O. The van der Waals surface area contributed by atoms with Gasteiger partial charge in [0.05, 0.1) is 16.4 Å². The van der Waals surface area contributed by atoms with Crippen molar-refractivity contribution in [2.75, 3.05) is 5.32 Å². The minimum absolute atomic E-state index is 0.0421. The van der Waals surface area contributed by atoms with Crippen LogP contribution in [0, 0.1) is 13.8 Å². The molecule has 2 aromatic heterocycles. The first-order valence-corrected chi connectivity index (χ1v) is 8.93. The average Bonchev–Trinajstić information content (AvgIpc) is 3.42. The number of pyridine rings is 1. The summed E-state index contributed by atoms with van der Waals surface area (Å²) < 4.78 is 0. The van der Waals surface area contributed by atoms with E-state index in [0.717, 1.165) is 40.7 Å². The number of benzene rings is 1. The molecule has 1 fully saturated rings. The van der Waals surface area contributed by atoms with Crippen molar-refractivity contribution >= 4 is 22.8 Å². The third-order valence-corrected chi connectivity index (χ3v) is 4.89. The maximum Gasteiger partial charge on any atom is 0.236 e. The first kappa shape index (κ1) is 17.2. The molecular weight excluding hydrogens is 310 g/mol. The molecule has 3 aromatic rings. The van der Waals surface area contributed by atoms with Crippen LogP contribution in [0.15, 0.2) is 42.5 Å². The number of hydrogen-bond donors (Lipinski definition) is 2. The minimum atomic E-state index is -0.374. The van der Waals surface area contributed by atoms with E-state index in [9.17, 15) is 4.79 Å². The Morgan fingerprint density at radius 3 is 2.40 bits per heavy atom. The van der Waals surface area contributed by atoms with Crippen LogP contribution >= 0.6 is 0 Å². The number of carbonyl (C=O) groups excluding carboxylic acids is 1. The topological polar surface area (TPSA) is 57.8 Å². The van der Waals surface area contributed by atoms with E-state index in [-0.39, 0.29) is 11.3 Å². The molecule has 4 rings (SSSR count). The van der Waals surface area contributed by atoms with E-state index < -0.39 is 0 Å². The molecule has 2 heterocycles. The molecule has 0 unspecified atom stereocenters. The van der Waals surface area contributed by atoms with E-state index >= 15 is 0 Å². The highest BCUT2D eigenvalue weighted by Gasteiger charge is 2.51. The summed E-state index contributed by atoms with van der Waals surface area (Å²) in [5.41, 5.74) is 4.87. The maximum atomic E-state index is 12.8. The van der Waals surface area contributed by atoms with Crippen LogP contribution in [-0.2, 0) is 10.2 Å². The molecule has 4 heteroatoms. The number of amides is 1. The van der Waals surface area contributed by atoms with E-state index in [0.29, 0.717) is 5.82 Å². The number of nitrogens with one attached hydrogen (secondary N) is 2. The zero-order valence-corrected chi connectivity index (χ0v) is 15.3. The smallest absolute Gasteiger partial charge is 0.236 e. The Morgan fingerprint density at radius 2 is 1.76 bits per heavy atom. The van der Waals surface area contributed by atoms with Gasteiger partial charge in [0.25, 0.3) is 0 Å². The lowest BCUT2D eigenvalue weighted by atomic mass is 9.95. The third-order valence-electron chi connectivity index (χ3n) is 4.89. The fourth-order valence-electron chi connectivity index (χ4n) is 3.15. The SMILES string of the molecule is CC.Cc1[nH]c2ccc(NC(=O)C3(c4ccccc4)CC3)nc2c1C. The fraction of sp³-hybridized carbons (Fsp3) is 0.333. The van der Waals surface area contributed by atoms with Gasteiger partial charge in [-0.1, -0.05) is 44.2 Å². The third kappa shape index (κ3) is 3.04. The molecule has 0 aliphatic heterocycles. The number of aromatic nitrogens is 2. The van der Waals surface area contributed by atoms with Crippen molar-refractivity contribution in [3.63, 3.8) is 0 Å². The second-order valence-electron chi connectivity index (χ2n) is 6.37. The molecule has 1 aliphatic carbocycles. The molecule has 1 amide bonds. The zero-order chi connectivity index (χ0) is 18.0. The predicted octanol–water partition coefficient (Wildman–Crippen LogP) is 4.88. The van der Waals surface area contributed by atoms with Crippen LogP contribution in [0.25, 0.3) is 11.0 Å². The van der Waals surface area contributed by atoms with E-state index in [1.165, 1.54) is 0 Å². The van der Waals surface area contributed by atoms with Crippen LogP contribution in [0.3, 0.4) is 0 Å². The van der Waals surface area contributed by atoms with Gasteiger partial charge in [0, 0.05) is 5.69 Å². The van der Waals surface area contributed by atoms with Gasteiger partial charge in [-0.05, 0) is 49.9 Å². The Labute approximate surface area is 148 Å². The van der Waals surface area contributed by atoms with Crippen LogP contribution < -0.4 is 5.32 Å². The maximum absolute atomic E-state index is 12.8. The van der Waals surface area contributed by atoms with Crippen molar-refractivity contribution in [1.29, 1.82) is 0 Å². The molecule has 0 bridgehead atoms. The lowest BCUT2D eigenvalue weighted by Crippen LogP contribution is -2.28. The van der Waals surface area contributed by atoms with E-state index in [2.05, 4.69) is 15.3 Å². The van der Waals surface area contributed by atoms with Gasteiger partial charge in [0.2, 0.25) is 5.91 Å². The highest BCUT2D eigenvalue weighted by molar-refractivity contribution is 6.01. The van der Waals surface area contributed by atoms with Crippen molar-refractivity contribution in [2.24, 2.45) is 0 Å². The second kappa shape index (κ2) is 6.71. The molecule has 0 atom stereocenters. The van der Waals surface area contributed by atoms with Crippen molar-refractivity contribution in [2.45, 2.75) is 46.0 Å². The van der Waals surface area contributed by atoms with Gasteiger partial charge in [-0.3, -0.25) is 4.79 Å². The summed E-state index contributed by atoms with van der Waals surface area (Å²) in [5.74, 6) is 0.660. The first-order chi connectivity index (χ1) is 12.1. The summed E-state index contributed by atoms with van der Waals surface area (Å²) in [6.45, 7) is 8.07. The van der Waals surface area contributed by atoms with Crippen LogP contribution in [0.1, 0.15) is 43.5 Å².